The molecule has 2 heteroatoms. The van der Waals surface area contributed by atoms with E-state index in [1.807, 2.05) is 12.1 Å². The molecule has 4 atom stereocenters. The number of rotatable bonds is 3. The second-order valence-corrected chi connectivity index (χ2v) is 8.40. The third-order valence-electron chi connectivity index (χ3n) is 6.88. The van der Waals surface area contributed by atoms with E-state index in [-0.39, 0.29) is 0 Å². The van der Waals surface area contributed by atoms with Crippen LogP contribution in [0.15, 0.2) is 42.5 Å². The average molecular weight is 354 g/mol. The zero-order chi connectivity index (χ0) is 18.1. The Morgan fingerprint density at radius 2 is 1.42 bits per heavy atom. The van der Waals surface area contributed by atoms with E-state index in [1.165, 1.54) is 62.6 Å². The normalized spacial score (nSPS) is 28.6. The van der Waals surface area contributed by atoms with Crippen molar-refractivity contribution < 1.29 is 8.78 Å². The molecule has 2 aliphatic rings. The topological polar surface area (TPSA) is 0 Å². The van der Waals surface area contributed by atoms with Crippen LogP contribution in [-0.4, -0.2) is 0 Å². The zero-order valence-electron chi connectivity index (χ0n) is 15.6. The van der Waals surface area contributed by atoms with Crippen LogP contribution in [0.25, 0.3) is 11.1 Å². The second kappa shape index (κ2) is 7.50. The summed E-state index contributed by atoms with van der Waals surface area (Å²) in [7, 11) is 0. The van der Waals surface area contributed by atoms with Crippen LogP contribution in [0, 0.1) is 29.4 Å². The molecule has 2 saturated carbocycles. The zero-order valence-corrected chi connectivity index (χ0v) is 15.6. The summed E-state index contributed by atoms with van der Waals surface area (Å²) in [5.41, 5.74) is 2.88. The van der Waals surface area contributed by atoms with Crippen molar-refractivity contribution in [2.24, 2.45) is 17.8 Å². The molecule has 0 heterocycles. The molecule has 0 radical (unpaired) electrons. The van der Waals surface area contributed by atoms with Gasteiger partial charge in [-0.1, -0.05) is 44.0 Å². The second-order valence-electron chi connectivity index (χ2n) is 8.40. The van der Waals surface area contributed by atoms with E-state index in [9.17, 15) is 8.78 Å². The van der Waals surface area contributed by atoms with Gasteiger partial charge in [-0.05, 0) is 84.6 Å². The average Bonchev–Trinajstić information content (AvgIpc) is 2.66. The molecular weight excluding hydrogens is 326 g/mol. The van der Waals surface area contributed by atoms with Gasteiger partial charge in [0, 0.05) is 6.07 Å². The van der Waals surface area contributed by atoms with Crippen molar-refractivity contribution in [2.45, 2.75) is 57.8 Å². The highest BCUT2D eigenvalue weighted by Crippen LogP contribution is 2.48. The van der Waals surface area contributed by atoms with E-state index in [0.717, 1.165) is 29.4 Å². The lowest BCUT2D eigenvalue weighted by Gasteiger charge is -2.42. The molecule has 2 aromatic carbocycles. The van der Waals surface area contributed by atoms with Gasteiger partial charge in [0.25, 0.3) is 0 Å². The lowest BCUT2D eigenvalue weighted by atomic mass is 9.63. The van der Waals surface area contributed by atoms with Gasteiger partial charge in [-0.15, -0.1) is 0 Å². The van der Waals surface area contributed by atoms with Crippen molar-refractivity contribution in [1.29, 1.82) is 0 Å². The minimum Gasteiger partial charge on any atom is -0.207 e. The van der Waals surface area contributed by atoms with Gasteiger partial charge in [-0.25, -0.2) is 8.78 Å². The molecule has 0 bridgehead atoms. The van der Waals surface area contributed by atoms with Crippen LogP contribution in [0.2, 0.25) is 0 Å². The largest absolute Gasteiger partial charge is 0.207 e. The van der Waals surface area contributed by atoms with Crippen molar-refractivity contribution in [3.05, 3.63) is 59.7 Å². The number of fused-ring (bicyclic) bond motifs is 1. The number of halogens is 2. The van der Waals surface area contributed by atoms with Crippen molar-refractivity contribution in [3.63, 3.8) is 0 Å². The Morgan fingerprint density at radius 1 is 0.769 bits per heavy atom. The van der Waals surface area contributed by atoms with E-state index in [0.29, 0.717) is 11.5 Å². The molecule has 4 rings (SSSR count). The predicted molar refractivity (Wildman–Crippen MR) is 103 cm³/mol. The summed E-state index contributed by atoms with van der Waals surface area (Å²) < 4.78 is 26.9. The van der Waals surface area contributed by atoms with Crippen molar-refractivity contribution >= 4 is 0 Å². The van der Waals surface area contributed by atoms with E-state index in [4.69, 9.17) is 0 Å². The van der Waals surface area contributed by atoms with Crippen LogP contribution in [0.4, 0.5) is 8.78 Å². The van der Waals surface area contributed by atoms with E-state index in [1.54, 1.807) is 0 Å². The fourth-order valence-electron chi connectivity index (χ4n) is 5.33. The first kappa shape index (κ1) is 17.7. The van der Waals surface area contributed by atoms with Crippen molar-refractivity contribution in [3.8, 4) is 11.1 Å². The smallest absolute Gasteiger partial charge is 0.126 e. The van der Waals surface area contributed by atoms with Gasteiger partial charge in [0.2, 0.25) is 0 Å². The molecule has 0 N–H and O–H groups in total. The molecule has 2 fully saturated rings. The van der Waals surface area contributed by atoms with Gasteiger partial charge in [-0.2, -0.15) is 0 Å². The predicted octanol–water partition coefficient (Wildman–Crippen LogP) is 7.34. The van der Waals surface area contributed by atoms with E-state index < -0.39 is 11.6 Å². The summed E-state index contributed by atoms with van der Waals surface area (Å²) in [5, 5.41) is 0. The molecule has 0 aromatic heterocycles. The maximum absolute atomic E-state index is 13.5. The molecule has 0 saturated heterocycles. The van der Waals surface area contributed by atoms with Gasteiger partial charge in [0.1, 0.15) is 11.6 Å². The lowest BCUT2D eigenvalue weighted by molar-refractivity contribution is 0.116. The first-order valence-corrected chi connectivity index (χ1v) is 10.2. The van der Waals surface area contributed by atoms with Gasteiger partial charge < -0.3 is 0 Å². The Hall–Kier alpha value is -1.70. The third-order valence-corrected chi connectivity index (χ3v) is 6.88. The summed E-state index contributed by atoms with van der Waals surface area (Å²) in [6.07, 6.45) is 9.56. The Labute approximate surface area is 155 Å². The molecule has 0 spiro atoms. The number of hydrogen-bond donors (Lipinski definition) is 0. The highest BCUT2D eigenvalue weighted by molar-refractivity contribution is 5.63. The Kier molecular flexibility index (Phi) is 5.11. The van der Waals surface area contributed by atoms with Crippen LogP contribution in [0.5, 0.6) is 0 Å². The van der Waals surface area contributed by atoms with Gasteiger partial charge >= 0.3 is 0 Å². The van der Waals surface area contributed by atoms with Gasteiger partial charge in [-0.3, -0.25) is 0 Å². The molecule has 138 valence electrons. The quantitative estimate of drug-likeness (QED) is 0.541. The SMILES string of the molecule is CCC1CC[C@@H]2C[C@H](c3ccc(-c4cc(F)cc(F)c4)cc3)CC[C@@H]2C1. The first-order valence-electron chi connectivity index (χ1n) is 10.2. The minimum absolute atomic E-state index is 0.523. The number of benzene rings is 2. The Morgan fingerprint density at radius 3 is 2.12 bits per heavy atom. The van der Waals surface area contributed by atoms with Crippen LogP contribution in [-0.2, 0) is 0 Å². The third kappa shape index (κ3) is 3.70. The summed E-state index contributed by atoms with van der Waals surface area (Å²) >= 11 is 0. The van der Waals surface area contributed by atoms with Gasteiger partial charge in [0.05, 0.1) is 0 Å². The number of hydrogen-bond acceptors (Lipinski definition) is 0. The fourth-order valence-corrected chi connectivity index (χ4v) is 5.33. The van der Waals surface area contributed by atoms with E-state index in [2.05, 4.69) is 19.1 Å². The summed E-state index contributed by atoms with van der Waals surface area (Å²) in [6, 6.07) is 12.1. The molecule has 0 aliphatic heterocycles. The molecule has 1 unspecified atom stereocenters. The molecule has 2 aromatic rings. The summed E-state index contributed by atoms with van der Waals surface area (Å²) in [4.78, 5) is 0. The summed E-state index contributed by atoms with van der Waals surface area (Å²) in [5.74, 6) is 2.40. The lowest BCUT2D eigenvalue weighted by Crippen LogP contribution is -2.30. The highest BCUT2D eigenvalue weighted by Gasteiger charge is 2.35. The minimum atomic E-state index is -0.523. The van der Waals surface area contributed by atoms with Crippen LogP contribution < -0.4 is 0 Å². The fraction of sp³-hybridized carbons (Fsp3) is 0.500. The van der Waals surface area contributed by atoms with E-state index >= 15 is 0 Å². The molecule has 0 amide bonds. The summed E-state index contributed by atoms with van der Waals surface area (Å²) in [6.45, 7) is 2.34. The van der Waals surface area contributed by atoms with Gasteiger partial charge in [0.15, 0.2) is 0 Å². The Balaban J connectivity index is 1.46. The van der Waals surface area contributed by atoms with Crippen LogP contribution in [0.3, 0.4) is 0 Å². The highest BCUT2D eigenvalue weighted by atomic mass is 19.1. The van der Waals surface area contributed by atoms with Crippen LogP contribution >= 0.6 is 0 Å². The molecule has 0 nitrogen and oxygen atoms in total. The monoisotopic (exact) mass is 354 g/mol. The maximum atomic E-state index is 13.5. The van der Waals surface area contributed by atoms with Crippen molar-refractivity contribution in [1.82, 2.24) is 0 Å². The maximum Gasteiger partial charge on any atom is 0.126 e. The molecule has 2 aliphatic carbocycles. The molecular formula is C24H28F2. The Bertz CT molecular complexity index is 729. The molecule has 26 heavy (non-hydrogen) atoms. The standard InChI is InChI=1S/C24H28F2/c1-2-16-3-4-21-12-20(10-9-19(21)11-16)17-5-7-18(8-6-17)22-13-23(25)15-24(26)14-22/h5-8,13-16,19-21H,2-4,9-12H2,1H3/t16?,19-,20-,21-/m1/s1. The van der Waals surface area contributed by atoms with Crippen LogP contribution in [0.1, 0.15) is 63.4 Å². The van der Waals surface area contributed by atoms with Crippen molar-refractivity contribution in [2.75, 3.05) is 0 Å². The first-order chi connectivity index (χ1) is 12.6.